The van der Waals surface area contributed by atoms with Gasteiger partial charge in [-0.3, -0.25) is 9.79 Å². The molecule has 2 unspecified atom stereocenters. The van der Waals surface area contributed by atoms with Crippen LogP contribution in [0.4, 0.5) is 10.1 Å². The highest BCUT2D eigenvalue weighted by molar-refractivity contribution is 9.10. The predicted molar refractivity (Wildman–Crippen MR) is 125 cm³/mol. The first kappa shape index (κ1) is 21.1. The first-order chi connectivity index (χ1) is 14.5. The monoisotopic (exact) mass is 484 g/mol. The van der Waals surface area contributed by atoms with Gasteiger partial charge >= 0.3 is 0 Å². The molecule has 1 aliphatic carbocycles. The van der Waals surface area contributed by atoms with Crippen LogP contribution in [0.3, 0.4) is 0 Å². The van der Waals surface area contributed by atoms with Gasteiger partial charge in [-0.05, 0) is 54.5 Å². The van der Waals surface area contributed by atoms with Crippen LogP contribution in [0, 0.1) is 5.92 Å². The van der Waals surface area contributed by atoms with Crippen molar-refractivity contribution < 1.29 is 9.18 Å². The van der Waals surface area contributed by atoms with Gasteiger partial charge in [-0.15, -0.1) is 11.8 Å². The van der Waals surface area contributed by atoms with Gasteiger partial charge in [-0.2, -0.15) is 0 Å². The average molecular weight is 485 g/mol. The van der Waals surface area contributed by atoms with Crippen LogP contribution in [0.1, 0.15) is 35.7 Å². The fraction of sp³-hybridized carbons (Fsp3) is 0.250. The van der Waals surface area contributed by atoms with Gasteiger partial charge in [-0.25, -0.2) is 4.39 Å². The number of rotatable bonds is 5. The molecule has 1 amide bonds. The van der Waals surface area contributed by atoms with Gasteiger partial charge in [0.05, 0.1) is 11.4 Å². The molecule has 0 radical (unpaired) electrons. The Labute approximate surface area is 188 Å². The number of allylic oxidation sites excluding steroid dienone is 3. The van der Waals surface area contributed by atoms with E-state index in [2.05, 4.69) is 28.2 Å². The Kier molecular flexibility index (Phi) is 6.54. The van der Waals surface area contributed by atoms with E-state index in [0.29, 0.717) is 12.1 Å². The lowest BCUT2D eigenvalue weighted by Crippen LogP contribution is -2.24. The largest absolute Gasteiger partial charge is 0.352 e. The highest BCUT2D eigenvalue weighted by Crippen LogP contribution is 2.43. The van der Waals surface area contributed by atoms with E-state index in [1.54, 1.807) is 17.8 Å². The molecule has 0 saturated carbocycles. The molecule has 0 fully saturated rings. The molecule has 1 aliphatic heterocycles. The number of hydrogen-bond acceptors (Lipinski definition) is 3. The van der Waals surface area contributed by atoms with Crippen molar-refractivity contribution in [2.45, 2.75) is 29.9 Å². The van der Waals surface area contributed by atoms with Crippen LogP contribution in [-0.2, 0) is 0 Å². The number of thioether (sulfide) groups is 1. The number of carbonyl (C=O) groups excluding carboxylic acids is 1. The molecule has 2 aromatic rings. The zero-order valence-corrected chi connectivity index (χ0v) is 19.0. The number of carbonyl (C=O) groups is 1. The van der Waals surface area contributed by atoms with Crippen LogP contribution in [-0.4, -0.2) is 23.4 Å². The first-order valence-electron chi connectivity index (χ1n) is 10.0. The normalized spacial score (nSPS) is 19.8. The summed E-state index contributed by atoms with van der Waals surface area (Å²) in [6, 6.07) is 13.5. The number of benzene rings is 2. The van der Waals surface area contributed by atoms with Crippen molar-refractivity contribution in [3.63, 3.8) is 0 Å². The van der Waals surface area contributed by atoms with Gasteiger partial charge in [-0.1, -0.05) is 47.5 Å². The Hall–Kier alpha value is -2.18. The van der Waals surface area contributed by atoms with E-state index in [-0.39, 0.29) is 22.9 Å². The molecule has 6 heteroatoms. The molecular weight excluding hydrogens is 463 g/mol. The Morgan fingerprint density at radius 1 is 1.27 bits per heavy atom. The maximum atomic E-state index is 14.0. The van der Waals surface area contributed by atoms with E-state index < -0.39 is 0 Å². The number of aliphatic imine (C=N–C) groups is 1. The number of halogens is 2. The molecule has 0 saturated heterocycles. The van der Waals surface area contributed by atoms with Crippen LogP contribution >= 0.6 is 27.7 Å². The van der Waals surface area contributed by atoms with Crippen LogP contribution in [0.25, 0.3) is 0 Å². The number of unbranched alkanes of at least 4 members (excludes halogenated alkanes) is 1. The minimum atomic E-state index is -0.229. The van der Waals surface area contributed by atoms with Crippen molar-refractivity contribution in [3.05, 3.63) is 82.1 Å². The van der Waals surface area contributed by atoms with Gasteiger partial charge < -0.3 is 5.32 Å². The highest BCUT2D eigenvalue weighted by atomic mass is 79.9. The Morgan fingerprint density at radius 2 is 2.13 bits per heavy atom. The number of nitrogens with one attached hydrogen (secondary N) is 1. The quantitative estimate of drug-likeness (QED) is 0.484. The van der Waals surface area contributed by atoms with E-state index >= 15 is 0 Å². The number of nitrogens with zero attached hydrogens (tertiary/aromatic N) is 1. The van der Waals surface area contributed by atoms with Gasteiger partial charge in [0.25, 0.3) is 5.91 Å². The SMILES string of the molecule is CCCCNC(=O)c1ccc2c(c1)N=C(c1cccc(Br)c1)C1C=CC(F)=CC1S2. The fourth-order valence-electron chi connectivity index (χ4n) is 3.56. The third-order valence-electron chi connectivity index (χ3n) is 5.12. The molecule has 1 heterocycles. The maximum absolute atomic E-state index is 14.0. The average Bonchev–Trinajstić information content (AvgIpc) is 2.89. The topological polar surface area (TPSA) is 41.5 Å². The summed E-state index contributed by atoms with van der Waals surface area (Å²) in [5.41, 5.74) is 3.18. The Morgan fingerprint density at radius 3 is 2.93 bits per heavy atom. The molecular formula is C24H22BrFN2OS. The molecule has 4 rings (SSSR count). The minimum Gasteiger partial charge on any atom is -0.352 e. The van der Waals surface area contributed by atoms with Gasteiger partial charge in [0.2, 0.25) is 0 Å². The summed E-state index contributed by atoms with van der Waals surface area (Å²) >= 11 is 5.12. The maximum Gasteiger partial charge on any atom is 0.251 e. The summed E-state index contributed by atoms with van der Waals surface area (Å²) in [4.78, 5) is 18.5. The third-order valence-corrected chi connectivity index (χ3v) is 6.91. The molecule has 0 aromatic heterocycles. The van der Waals surface area contributed by atoms with Crippen LogP contribution in [0.2, 0.25) is 0 Å². The predicted octanol–water partition coefficient (Wildman–Crippen LogP) is 6.61. The van der Waals surface area contributed by atoms with Crippen molar-refractivity contribution in [1.29, 1.82) is 0 Å². The zero-order valence-electron chi connectivity index (χ0n) is 16.6. The molecule has 2 aliphatic rings. The lowest BCUT2D eigenvalue weighted by atomic mass is 9.90. The smallest absolute Gasteiger partial charge is 0.251 e. The molecule has 1 N–H and O–H groups in total. The second kappa shape index (κ2) is 9.31. The summed E-state index contributed by atoms with van der Waals surface area (Å²) in [5, 5.41) is 2.86. The second-order valence-corrected chi connectivity index (χ2v) is 9.45. The van der Waals surface area contributed by atoms with Crippen molar-refractivity contribution in [3.8, 4) is 0 Å². The lowest BCUT2D eigenvalue weighted by Gasteiger charge is -2.23. The van der Waals surface area contributed by atoms with E-state index in [1.807, 2.05) is 48.5 Å². The molecule has 2 aromatic carbocycles. The minimum absolute atomic E-state index is 0.0574. The molecule has 30 heavy (non-hydrogen) atoms. The molecule has 3 nitrogen and oxygen atoms in total. The van der Waals surface area contributed by atoms with Crippen molar-refractivity contribution in [1.82, 2.24) is 5.32 Å². The molecule has 2 atom stereocenters. The molecule has 0 bridgehead atoms. The standard InChI is InChI=1S/C24H22BrFN2OS/c1-2-3-11-27-24(29)16-7-10-21-20(13-16)28-23(15-5-4-6-17(25)12-15)19-9-8-18(26)14-22(19)30-21/h4-10,12-14,19,22H,2-3,11H2,1H3,(H,27,29). The summed E-state index contributed by atoms with van der Waals surface area (Å²) in [6.07, 6.45) is 7.03. The Balaban J connectivity index is 1.76. The first-order valence-corrected chi connectivity index (χ1v) is 11.7. The van der Waals surface area contributed by atoms with Gasteiger partial charge in [0.15, 0.2) is 0 Å². The van der Waals surface area contributed by atoms with Crippen LogP contribution < -0.4 is 5.32 Å². The van der Waals surface area contributed by atoms with Crippen LogP contribution in [0.15, 0.2) is 80.9 Å². The number of hydrogen-bond donors (Lipinski definition) is 1. The zero-order chi connectivity index (χ0) is 21.1. The second-order valence-electron chi connectivity index (χ2n) is 7.32. The van der Waals surface area contributed by atoms with Gasteiger partial charge in [0.1, 0.15) is 5.83 Å². The summed E-state index contributed by atoms with van der Waals surface area (Å²) in [5.74, 6) is -0.381. The fourth-order valence-corrected chi connectivity index (χ4v) is 5.19. The van der Waals surface area contributed by atoms with E-state index in [1.165, 1.54) is 6.08 Å². The highest BCUT2D eigenvalue weighted by Gasteiger charge is 2.31. The number of fused-ring (bicyclic) bond motifs is 2. The third kappa shape index (κ3) is 4.60. The summed E-state index contributed by atoms with van der Waals surface area (Å²) in [6.45, 7) is 2.75. The summed E-state index contributed by atoms with van der Waals surface area (Å²) < 4.78 is 15.0. The van der Waals surface area contributed by atoms with E-state index in [0.717, 1.165) is 39.2 Å². The number of amides is 1. The lowest BCUT2D eigenvalue weighted by molar-refractivity contribution is 0.0953. The Bertz CT molecular complexity index is 1060. The van der Waals surface area contributed by atoms with Crippen molar-refractivity contribution in [2.24, 2.45) is 10.9 Å². The van der Waals surface area contributed by atoms with Gasteiger partial charge in [0, 0.05) is 32.6 Å². The van der Waals surface area contributed by atoms with Crippen molar-refractivity contribution in [2.75, 3.05) is 6.54 Å². The summed E-state index contributed by atoms with van der Waals surface area (Å²) in [7, 11) is 0. The van der Waals surface area contributed by atoms with E-state index in [9.17, 15) is 9.18 Å². The van der Waals surface area contributed by atoms with E-state index in [4.69, 9.17) is 4.99 Å². The van der Waals surface area contributed by atoms with Crippen molar-refractivity contribution >= 4 is 45.0 Å². The van der Waals surface area contributed by atoms with Crippen LogP contribution in [0.5, 0.6) is 0 Å². The molecule has 0 spiro atoms. The molecule has 154 valence electrons.